The highest BCUT2D eigenvalue weighted by atomic mass is 19.1. The van der Waals surface area contributed by atoms with Gasteiger partial charge in [0.1, 0.15) is 5.82 Å². The molecule has 0 aromatic heterocycles. The first-order valence-electron chi connectivity index (χ1n) is 4.74. The minimum atomic E-state index is -0.401. The second kappa shape index (κ2) is 4.41. The van der Waals surface area contributed by atoms with Gasteiger partial charge in [0.05, 0.1) is 23.8 Å². The molecule has 0 radical (unpaired) electrons. The van der Waals surface area contributed by atoms with Crippen molar-refractivity contribution in [2.75, 3.05) is 0 Å². The highest BCUT2D eigenvalue weighted by molar-refractivity contribution is 5.33. The lowest BCUT2D eigenvalue weighted by Crippen LogP contribution is -2.18. The predicted molar refractivity (Wildman–Crippen MR) is 55.7 cm³/mol. The molecule has 0 aliphatic heterocycles. The fourth-order valence-electron chi connectivity index (χ4n) is 1.10. The topological polar surface area (TPSA) is 33.0 Å². The Morgan fingerprint density at radius 3 is 2.53 bits per heavy atom. The van der Waals surface area contributed by atoms with Crippen LogP contribution in [0, 0.1) is 17.1 Å². The number of hydrogen-bond acceptors (Lipinski definition) is 2. The van der Waals surface area contributed by atoms with Crippen LogP contribution < -0.4 is 0 Å². The van der Waals surface area contributed by atoms with E-state index >= 15 is 0 Å². The maximum Gasteiger partial charge on any atom is 0.124 e. The number of rotatable bonds is 2. The minimum absolute atomic E-state index is 0.265. The molecule has 3 heteroatoms. The summed E-state index contributed by atoms with van der Waals surface area (Å²) in [7, 11) is 0. The lowest BCUT2D eigenvalue weighted by molar-refractivity contribution is -0.0150. The van der Waals surface area contributed by atoms with E-state index in [0.717, 1.165) is 0 Å². The van der Waals surface area contributed by atoms with Gasteiger partial charge in [0.15, 0.2) is 0 Å². The van der Waals surface area contributed by atoms with Crippen molar-refractivity contribution < 1.29 is 9.13 Å². The molecule has 0 atom stereocenters. The summed E-state index contributed by atoms with van der Waals surface area (Å²) in [4.78, 5) is 0. The van der Waals surface area contributed by atoms with Gasteiger partial charge in [-0.2, -0.15) is 5.26 Å². The van der Waals surface area contributed by atoms with Crippen molar-refractivity contribution in [1.82, 2.24) is 0 Å². The molecule has 0 saturated heterocycles. The van der Waals surface area contributed by atoms with Gasteiger partial charge in [-0.3, -0.25) is 0 Å². The fraction of sp³-hybridized carbons (Fsp3) is 0.417. The third-order valence-electron chi connectivity index (χ3n) is 1.76. The van der Waals surface area contributed by atoms with E-state index < -0.39 is 5.82 Å². The summed E-state index contributed by atoms with van der Waals surface area (Å²) >= 11 is 0. The van der Waals surface area contributed by atoms with Gasteiger partial charge in [0.2, 0.25) is 0 Å². The van der Waals surface area contributed by atoms with Gasteiger partial charge in [-0.25, -0.2) is 4.39 Å². The molecule has 0 saturated carbocycles. The van der Waals surface area contributed by atoms with Gasteiger partial charge >= 0.3 is 0 Å². The molecule has 1 rings (SSSR count). The van der Waals surface area contributed by atoms with Crippen molar-refractivity contribution in [3.05, 3.63) is 35.1 Å². The molecule has 0 aliphatic rings. The van der Waals surface area contributed by atoms with E-state index in [-0.39, 0.29) is 5.60 Å². The van der Waals surface area contributed by atoms with E-state index in [1.807, 2.05) is 26.8 Å². The van der Waals surface area contributed by atoms with Gasteiger partial charge < -0.3 is 4.74 Å². The van der Waals surface area contributed by atoms with Crippen molar-refractivity contribution in [3.8, 4) is 6.07 Å². The Bertz CT molecular complexity index is 388. The van der Waals surface area contributed by atoms with Gasteiger partial charge in [-0.1, -0.05) is 0 Å². The van der Waals surface area contributed by atoms with Gasteiger partial charge in [-0.05, 0) is 44.5 Å². The summed E-state index contributed by atoms with van der Waals surface area (Å²) in [5.74, 6) is -0.401. The molecule has 0 spiro atoms. The average Bonchev–Trinajstić information content (AvgIpc) is 2.13. The molecule has 1 aromatic carbocycles. The van der Waals surface area contributed by atoms with E-state index in [1.165, 1.54) is 12.1 Å². The molecule has 0 fully saturated rings. The normalized spacial score (nSPS) is 11.1. The van der Waals surface area contributed by atoms with Crippen molar-refractivity contribution in [3.63, 3.8) is 0 Å². The predicted octanol–water partition coefficient (Wildman–Crippen LogP) is 3.01. The van der Waals surface area contributed by atoms with E-state index in [0.29, 0.717) is 17.7 Å². The molecular formula is C12H14FNO. The Labute approximate surface area is 89.3 Å². The van der Waals surface area contributed by atoms with Crippen molar-refractivity contribution in [2.24, 2.45) is 0 Å². The van der Waals surface area contributed by atoms with Gasteiger partial charge in [-0.15, -0.1) is 0 Å². The highest BCUT2D eigenvalue weighted by Crippen LogP contribution is 2.14. The summed E-state index contributed by atoms with van der Waals surface area (Å²) in [6.45, 7) is 6.10. The SMILES string of the molecule is CC(C)(C)OCc1cc(F)cc(C#N)c1. The van der Waals surface area contributed by atoms with Crippen LogP contribution in [0.4, 0.5) is 4.39 Å². The van der Waals surface area contributed by atoms with Crippen LogP contribution in [0.3, 0.4) is 0 Å². The third kappa shape index (κ3) is 4.09. The molecule has 2 nitrogen and oxygen atoms in total. The number of halogens is 1. The van der Waals surface area contributed by atoms with Crippen LogP contribution >= 0.6 is 0 Å². The maximum absolute atomic E-state index is 13.0. The summed E-state index contributed by atoms with van der Waals surface area (Å²) in [5, 5.41) is 8.66. The zero-order valence-electron chi connectivity index (χ0n) is 9.17. The average molecular weight is 207 g/mol. The van der Waals surface area contributed by atoms with Crippen molar-refractivity contribution in [1.29, 1.82) is 5.26 Å². The van der Waals surface area contributed by atoms with Crippen LogP contribution in [0.25, 0.3) is 0 Å². The summed E-state index contributed by atoms with van der Waals surface area (Å²) in [5.41, 5.74) is 0.739. The van der Waals surface area contributed by atoms with Crippen molar-refractivity contribution in [2.45, 2.75) is 33.0 Å². The van der Waals surface area contributed by atoms with E-state index in [1.54, 1.807) is 6.07 Å². The van der Waals surface area contributed by atoms with Crippen LogP contribution in [0.1, 0.15) is 31.9 Å². The smallest absolute Gasteiger partial charge is 0.124 e. The minimum Gasteiger partial charge on any atom is -0.371 e. The summed E-state index contributed by atoms with van der Waals surface area (Å²) in [6, 6.07) is 6.13. The summed E-state index contributed by atoms with van der Waals surface area (Å²) in [6.07, 6.45) is 0. The van der Waals surface area contributed by atoms with Crippen LogP contribution in [-0.4, -0.2) is 5.60 Å². The molecule has 0 amide bonds. The van der Waals surface area contributed by atoms with Crippen LogP contribution in [-0.2, 0) is 11.3 Å². The fourth-order valence-corrected chi connectivity index (χ4v) is 1.10. The highest BCUT2D eigenvalue weighted by Gasteiger charge is 2.10. The lowest BCUT2D eigenvalue weighted by Gasteiger charge is -2.19. The maximum atomic E-state index is 13.0. The molecule has 0 bridgehead atoms. The number of hydrogen-bond donors (Lipinski definition) is 0. The molecule has 0 N–H and O–H groups in total. The number of benzene rings is 1. The van der Waals surface area contributed by atoms with Gasteiger partial charge in [0, 0.05) is 0 Å². The number of nitrogens with zero attached hydrogens (tertiary/aromatic N) is 1. The van der Waals surface area contributed by atoms with Crippen molar-refractivity contribution >= 4 is 0 Å². The molecule has 0 unspecified atom stereocenters. The quantitative estimate of drug-likeness (QED) is 0.746. The molecule has 0 heterocycles. The van der Waals surface area contributed by atoms with Gasteiger partial charge in [0.25, 0.3) is 0 Å². The monoisotopic (exact) mass is 207 g/mol. The van der Waals surface area contributed by atoms with Crippen LogP contribution in [0.2, 0.25) is 0 Å². The molecule has 15 heavy (non-hydrogen) atoms. The number of ether oxygens (including phenoxy) is 1. The van der Waals surface area contributed by atoms with Crippen LogP contribution in [0.15, 0.2) is 18.2 Å². The zero-order valence-corrected chi connectivity index (χ0v) is 9.17. The molecule has 0 aliphatic carbocycles. The Morgan fingerprint density at radius 2 is 2.00 bits per heavy atom. The van der Waals surface area contributed by atoms with E-state index in [4.69, 9.17) is 10.00 Å². The first kappa shape index (κ1) is 11.7. The second-order valence-corrected chi connectivity index (χ2v) is 4.36. The largest absolute Gasteiger partial charge is 0.371 e. The molecule has 1 aromatic rings. The molecular weight excluding hydrogens is 193 g/mol. The standard InChI is InChI=1S/C12H14FNO/c1-12(2,3)15-8-10-4-9(7-14)5-11(13)6-10/h4-6H,8H2,1-3H3. The van der Waals surface area contributed by atoms with Crippen LogP contribution in [0.5, 0.6) is 0 Å². The first-order valence-corrected chi connectivity index (χ1v) is 4.74. The lowest BCUT2D eigenvalue weighted by atomic mass is 10.1. The first-order chi connectivity index (χ1) is 6.90. The Balaban J connectivity index is 2.78. The molecule has 80 valence electrons. The Kier molecular flexibility index (Phi) is 3.43. The number of nitriles is 1. The van der Waals surface area contributed by atoms with E-state index in [9.17, 15) is 4.39 Å². The van der Waals surface area contributed by atoms with E-state index in [2.05, 4.69) is 0 Å². The second-order valence-electron chi connectivity index (χ2n) is 4.36. The summed E-state index contributed by atoms with van der Waals surface area (Å²) < 4.78 is 18.5. The Hall–Kier alpha value is -1.40. The zero-order chi connectivity index (χ0) is 11.5. The third-order valence-corrected chi connectivity index (χ3v) is 1.76. The Morgan fingerprint density at radius 1 is 1.33 bits per heavy atom.